The number of piperidine rings is 2. The van der Waals surface area contributed by atoms with E-state index >= 15 is 0 Å². The lowest BCUT2D eigenvalue weighted by atomic mass is 9.96. The highest BCUT2D eigenvalue weighted by atomic mass is 16.3. The molecule has 0 bridgehead atoms. The first kappa shape index (κ1) is 15.6. The van der Waals surface area contributed by atoms with Crippen LogP contribution in [0.2, 0.25) is 0 Å². The van der Waals surface area contributed by atoms with Crippen LogP contribution in [0.3, 0.4) is 0 Å². The second-order valence-corrected chi connectivity index (χ2v) is 7.19. The SMILES string of the molecule is CC1CCN(c2nc3ccccc3nc2N2CCCCC2)CC1O. The zero-order valence-electron chi connectivity index (χ0n) is 14.4. The molecule has 2 aromatic rings. The van der Waals surface area contributed by atoms with Crippen LogP contribution in [0.1, 0.15) is 32.6 Å². The van der Waals surface area contributed by atoms with Gasteiger partial charge in [0.25, 0.3) is 0 Å². The predicted octanol–water partition coefficient (Wildman–Crippen LogP) is 2.83. The Balaban J connectivity index is 1.76. The Morgan fingerprint density at radius 3 is 2.17 bits per heavy atom. The first-order chi connectivity index (χ1) is 11.7. The molecule has 0 saturated carbocycles. The molecule has 128 valence electrons. The zero-order valence-corrected chi connectivity index (χ0v) is 14.4. The predicted molar refractivity (Wildman–Crippen MR) is 97.6 cm³/mol. The minimum Gasteiger partial charge on any atom is -0.391 e. The van der Waals surface area contributed by atoms with E-state index in [0.717, 1.165) is 48.7 Å². The minimum atomic E-state index is -0.291. The van der Waals surface area contributed by atoms with E-state index in [2.05, 4.69) is 16.7 Å². The smallest absolute Gasteiger partial charge is 0.172 e. The van der Waals surface area contributed by atoms with Crippen molar-refractivity contribution < 1.29 is 5.11 Å². The standard InChI is InChI=1S/C19H26N4O/c1-14-9-12-23(13-17(14)24)19-18(22-10-5-2-6-11-22)20-15-7-3-4-8-16(15)21-19/h3-4,7-8,14,17,24H,2,5-6,9-13H2,1H3. The topological polar surface area (TPSA) is 52.5 Å². The third-order valence-electron chi connectivity index (χ3n) is 5.41. The molecule has 5 heteroatoms. The Hall–Kier alpha value is -1.88. The summed E-state index contributed by atoms with van der Waals surface area (Å²) in [5.41, 5.74) is 1.88. The maximum atomic E-state index is 10.3. The summed E-state index contributed by atoms with van der Waals surface area (Å²) in [5, 5.41) is 10.3. The first-order valence-corrected chi connectivity index (χ1v) is 9.17. The van der Waals surface area contributed by atoms with Crippen molar-refractivity contribution >= 4 is 22.7 Å². The summed E-state index contributed by atoms with van der Waals surface area (Å²) in [4.78, 5) is 14.5. The van der Waals surface area contributed by atoms with E-state index in [9.17, 15) is 5.11 Å². The van der Waals surface area contributed by atoms with Crippen molar-refractivity contribution in [3.8, 4) is 0 Å². The van der Waals surface area contributed by atoms with Gasteiger partial charge in [0.15, 0.2) is 11.6 Å². The molecule has 1 aromatic heterocycles. The van der Waals surface area contributed by atoms with Gasteiger partial charge in [-0.2, -0.15) is 0 Å². The van der Waals surface area contributed by atoms with Crippen LogP contribution in [0, 0.1) is 5.92 Å². The van der Waals surface area contributed by atoms with Gasteiger partial charge in [0.1, 0.15) is 0 Å². The minimum absolute atomic E-state index is 0.291. The van der Waals surface area contributed by atoms with Crippen molar-refractivity contribution in [1.29, 1.82) is 0 Å². The lowest BCUT2D eigenvalue weighted by Crippen LogP contribution is -2.44. The number of para-hydroxylation sites is 2. The number of aromatic nitrogens is 2. The summed E-state index contributed by atoms with van der Waals surface area (Å²) in [5.74, 6) is 2.30. The average molecular weight is 326 g/mol. The highest BCUT2D eigenvalue weighted by molar-refractivity contribution is 5.81. The van der Waals surface area contributed by atoms with Gasteiger partial charge in [0.2, 0.25) is 0 Å². The van der Waals surface area contributed by atoms with Gasteiger partial charge in [-0.25, -0.2) is 9.97 Å². The summed E-state index contributed by atoms with van der Waals surface area (Å²) in [6, 6.07) is 8.08. The first-order valence-electron chi connectivity index (χ1n) is 9.17. The molecule has 2 unspecified atom stereocenters. The largest absolute Gasteiger partial charge is 0.391 e. The summed E-state index contributed by atoms with van der Waals surface area (Å²) in [6.45, 7) is 5.81. The van der Waals surface area contributed by atoms with Crippen LogP contribution < -0.4 is 9.80 Å². The van der Waals surface area contributed by atoms with Crippen molar-refractivity contribution in [3.05, 3.63) is 24.3 Å². The summed E-state index contributed by atoms with van der Waals surface area (Å²) < 4.78 is 0. The second-order valence-electron chi connectivity index (χ2n) is 7.19. The summed E-state index contributed by atoms with van der Waals surface area (Å²) in [6.07, 6.45) is 4.43. The lowest BCUT2D eigenvalue weighted by molar-refractivity contribution is 0.102. The summed E-state index contributed by atoms with van der Waals surface area (Å²) in [7, 11) is 0. The number of nitrogens with zero attached hydrogens (tertiary/aromatic N) is 4. The van der Waals surface area contributed by atoms with E-state index < -0.39 is 0 Å². The van der Waals surface area contributed by atoms with Crippen LogP contribution in [-0.2, 0) is 0 Å². The van der Waals surface area contributed by atoms with Crippen LogP contribution in [-0.4, -0.2) is 47.4 Å². The number of fused-ring (bicyclic) bond motifs is 1. The van der Waals surface area contributed by atoms with Gasteiger partial charge in [0.05, 0.1) is 17.1 Å². The molecule has 2 fully saturated rings. The fourth-order valence-electron chi connectivity index (χ4n) is 3.75. The molecule has 1 aromatic carbocycles. The molecule has 0 aliphatic carbocycles. The third-order valence-corrected chi connectivity index (χ3v) is 5.41. The van der Waals surface area contributed by atoms with E-state index in [-0.39, 0.29) is 6.10 Å². The molecule has 2 aliphatic rings. The maximum Gasteiger partial charge on any atom is 0.172 e. The van der Waals surface area contributed by atoms with Crippen molar-refractivity contribution in [3.63, 3.8) is 0 Å². The molecule has 3 heterocycles. The molecule has 2 aliphatic heterocycles. The maximum absolute atomic E-state index is 10.3. The van der Waals surface area contributed by atoms with Crippen molar-refractivity contribution in [2.24, 2.45) is 5.92 Å². The molecule has 2 atom stereocenters. The highest BCUT2D eigenvalue weighted by Crippen LogP contribution is 2.32. The number of hydrogen-bond donors (Lipinski definition) is 1. The van der Waals surface area contributed by atoms with Crippen LogP contribution in [0.5, 0.6) is 0 Å². The molecular formula is C19H26N4O. The Bertz CT molecular complexity index is 714. The molecule has 5 nitrogen and oxygen atoms in total. The van der Waals surface area contributed by atoms with Gasteiger partial charge in [-0.1, -0.05) is 19.1 Å². The highest BCUT2D eigenvalue weighted by Gasteiger charge is 2.29. The van der Waals surface area contributed by atoms with Gasteiger partial charge in [-0.05, 0) is 43.7 Å². The van der Waals surface area contributed by atoms with Gasteiger partial charge in [-0.15, -0.1) is 0 Å². The van der Waals surface area contributed by atoms with Crippen LogP contribution >= 0.6 is 0 Å². The summed E-state index contributed by atoms with van der Waals surface area (Å²) >= 11 is 0. The van der Waals surface area contributed by atoms with E-state index in [1.54, 1.807) is 0 Å². The fourth-order valence-corrected chi connectivity index (χ4v) is 3.75. The number of aliphatic hydroxyl groups excluding tert-OH is 1. The number of aliphatic hydroxyl groups is 1. The third kappa shape index (κ3) is 2.93. The molecule has 4 rings (SSSR count). The zero-order chi connectivity index (χ0) is 16.5. The number of hydrogen-bond acceptors (Lipinski definition) is 5. The molecule has 24 heavy (non-hydrogen) atoms. The van der Waals surface area contributed by atoms with Crippen LogP contribution in [0.25, 0.3) is 11.0 Å². The molecule has 0 spiro atoms. The number of rotatable bonds is 2. The second kappa shape index (κ2) is 6.55. The average Bonchev–Trinajstić information content (AvgIpc) is 2.63. The van der Waals surface area contributed by atoms with E-state index in [1.807, 2.05) is 24.3 Å². The van der Waals surface area contributed by atoms with E-state index in [4.69, 9.17) is 9.97 Å². The molecule has 0 amide bonds. The molecule has 1 N–H and O–H groups in total. The van der Waals surface area contributed by atoms with Crippen molar-refractivity contribution in [2.45, 2.75) is 38.7 Å². The van der Waals surface area contributed by atoms with Gasteiger partial charge >= 0.3 is 0 Å². The Morgan fingerprint density at radius 2 is 1.54 bits per heavy atom. The Morgan fingerprint density at radius 1 is 0.917 bits per heavy atom. The Labute approximate surface area is 143 Å². The molecule has 0 radical (unpaired) electrons. The van der Waals surface area contributed by atoms with E-state index in [1.165, 1.54) is 19.3 Å². The van der Waals surface area contributed by atoms with Gasteiger partial charge < -0.3 is 14.9 Å². The monoisotopic (exact) mass is 326 g/mol. The van der Waals surface area contributed by atoms with E-state index in [0.29, 0.717) is 12.5 Å². The van der Waals surface area contributed by atoms with Crippen LogP contribution in [0.4, 0.5) is 11.6 Å². The Kier molecular flexibility index (Phi) is 4.27. The van der Waals surface area contributed by atoms with Crippen LogP contribution in [0.15, 0.2) is 24.3 Å². The molecular weight excluding hydrogens is 300 g/mol. The number of anilines is 2. The van der Waals surface area contributed by atoms with Crippen molar-refractivity contribution in [1.82, 2.24) is 9.97 Å². The normalized spacial score (nSPS) is 25.2. The number of benzene rings is 1. The van der Waals surface area contributed by atoms with Gasteiger partial charge in [0, 0.05) is 26.2 Å². The lowest BCUT2D eigenvalue weighted by Gasteiger charge is -2.38. The number of β-amino-alcohol motifs (C(OH)–C–C–N with tert-alkyl or cyclic N) is 1. The van der Waals surface area contributed by atoms with Gasteiger partial charge in [-0.3, -0.25) is 0 Å². The van der Waals surface area contributed by atoms with Crippen molar-refractivity contribution in [2.75, 3.05) is 36.0 Å². The quantitative estimate of drug-likeness (QED) is 0.920. The fraction of sp³-hybridized carbons (Fsp3) is 0.579. The molecule has 2 saturated heterocycles.